The van der Waals surface area contributed by atoms with Crippen molar-refractivity contribution in [3.63, 3.8) is 0 Å². The second kappa shape index (κ2) is 6.31. The average molecular weight is 210 g/mol. The van der Waals surface area contributed by atoms with Gasteiger partial charge in [-0.25, -0.2) is 4.98 Å². The molecule has 1 aromatic heterocycles. The molecule has 1 heterocycles. The Hall–Kier alpha value is -1.20. The van der Waals surface area contributed by atoms with E-state index in [1.165, 1.54) is 0 Å². The van der Waals surface area contributed by atoms with Gasteiger partial charge in [0.15, 0.2) is 0 Å². The van der Waals surface area contributed by atoms with Gasteiger partial charge >= 0.3 is 0 Å². The Morgan fingerprint density at radius 3 is 2.73 bits per heavy atom. The van der Waals surface area contributed by atoms with Crippen LogP contribution in [0.15, 0.2) is 12.4 Å². The minimum atomic E-state index is 0.457. The zero-order valence-corrected chi connectivity index (χ0v) is 9.31. The van der Waals surface area contributed by atoms with Gasteiger partial charge in [-0.3, -0.25) is 9.88 Å². The van der Waals surface area contributed by atoms with Crippen LogP contribution >= 0.6 is 0 Å². The van der Waals surface area contributed by atoms with Crippen LogP contribution in [-0.2, 0) is 11.3 Å². The van der Waals surface area contributed by atoms with Gasteiger partial charge in [-0.15, -0.1) is 0 Å². The molecule has 0 spiro atoms. The van der Waals surface area contributed by atoms with Crippen molar-refractivity contribution in [2.24, 2.45) is 0 Å². The van der Waals surface area contributed by atoms with E-state index in [0.717, 1.165) is 31.9 Å². The summed E-state index contributed by atoms with van der Waals surface area (Å²) in [5.74, 6) is 0.457. The molecular weight excluding hydrogens is 192 g/mol. The minimum absolute atomic E-state index is 0.457. The van der Waals surface area contributed by atoms with E-state index in [0.29, 0.717) is 5.82 Å². The molecule has 0 unspecified atom stereocenters. The monoisotopic (exact) mass is 210 g/mol. The lowest BCUT2D eigenvalue weighted by Gasteiger charge is -2.18. The number of nitrogens with zero attached hydrogens (tertiary/aromatic N) is 3. The number of likely N-dealkylation sites (N-methyl/N-ethyl adjacent to an activating group) is 1. The first-order chi connectivity index (χ1) is 7.26. The highest BCUT2D eigenvalue weighted by Gasteiger charge is 2.04. The van der Waals surface area contributed by atoms with Gasteiger partial charge in [-0.2, -0.15) is 0 Å². The fourth-order valence-electron chi connectivity index (χ4n) is 1.24. The van der Waals surface area contributed by atoms with E-state index in [9.17, 15) is 0 Å². The quantitative estimate of drug-likeness (QED) is 0.742. The topological polar surface area (TPSA) is 64.3 Å². The van der Waals surface area contributed by atoms with Crippen LogP contribution in [0.2, 0.25) is 0 Å². The van der Waals surface area contributed by atoms with Crippen molar-refractivity contribution in [2.75, 3.05) is 32.5 Å². The third-order valence-corrected chi connectivity index (χ3v) is 2.17. The summed E-state index contributed by atoms with van der Waals surface area (Å²) in [6.07, 6.45) is 3.30. The lowest BCUT2D eigenvalue weighted by atomic mass is 10.4. The van der Waals surface area contributed by atoms with Crippen LogP contribution in [0.25, 0.3) is 0 Å². The summed E-state index contributed by atoms with van der Waals surface area (Å²) < 4.78 is 5.03. The van der Waals surface area contributed by atoms with E-state index in [4.69, 9.17) is 10.5 Å². The molecule has 2 N–H and O–H groups in total. The van der Waals surface area contributed by atoms with Gasteiger partial charge in [-0.1, -0.05) is 6.92 Å². The first-order valence-electron chi connectivity index (χ1n) is 5.04. The van der Waals surface area contributed by atoms with Crippen LogP contribution < -0.4 is 5.73 Å². The Morgan fingerprint density at radius 2 is 2.20 bits per heavy atom. The van der Waals surface area contributed by atoms with Crippen LogP contribution in [0.3, 0.4) is 0 Å². The van der Waals surface area contributed by atoms with E-state index < -0.39 is 0 Å². The number of methoxy groups -OCH3 is 1. The molecule has 0 aliphatic carbocycles. The van der Waals surface area contributed by atoms with E-state index in [2.05, 4.69) is 21.8 Å². The molecule has 84 valence electrons. The summed E-state index contributed by atoms with van der Waals surface area (Å²) in [6.45, 7) is 5.50. The zero-order valence-electron chi connectivity index (χ0n) is 9.31. The summed E-state index contributed by atoms with van der Waals surface area (Å²) in [4.78, 5) is 10.4. The highest BCUT2D eigenvalue weighted by Crippen LogP contribution is 2.01. The normalized spacial score (nSPS) is 10.9. The van der Waals surface area contributed by atoms with Crippen LogP contribution in [0.5, 0.6) is 0 Å². The summed E-state index contributed by atoms with van der Waals surface area (Å²) in [5.41, 5.74) is 6.40. The molecule has 0 atom stereocenters. The van der Waals surface area contributed by atoms with E-state index >= 15 is 0 Å². The predicted octanol–water partition coefficient (Wildman–Crippen LogP) is 0.527. The second-order valence-corrected chi connectivity index (χ2v) is 3.29. The molecule has 5 heteroatoms. The first kappa shape index (κ1) is 11.9. The Kier molecular flexibility index (Phi) is 5.00. The fraction of sp³-hybridized carbons (Fsp3) is 0.600. The number of nitrogens with two attached hydrogens (primary N) is 1. The summed E-state index contributed by atoms with van der Waals surface area (Å²) in [7, 11) is 1.71. The zero-order chi connectivity index (χ0) is 11.1. The van der Waals surface area contributed by atoms with Crippen molar-refractivity contribution in [3.05, 3.63) is 18.1 Å². The van der Waals surface area contributed by atoms with Crippen molar-refractivity contribution in [3.8, 4) is 0 Å². The maximum atomic E-state index is 5.46. The van der Waals surface area contributed by atoms with Gasteiger partial charge in [0.1, 0.15) is 5.82 Å². The van der Waals surface area contributed by atoms with E-state index in [-0.39, 0.29) is 0 Å². The maximum absolute atomic E-state index is 5.46. The van der Waals surface area contributed by atoms with E-state index in [1.54, 1.807) is 19.5 Å². The van der Waals surface area contributed by atoms with E-state index in [1.807, 2.05) is 0 Å². The van der Waals surface area contributed by atoms with Gasteiger partial charge in [0.25, 0.3) is 0 Å². The Morgan fingerprint density at radius 1 is 1.40 bits per heavy atom. The van der Waals surface area contributed by atoms with Crippen molar-refractivity contribution in [1.29, 1.82) is 0 Å². The average Bonchev–Trinajstić information content (AvgIpc) is 2.27. The molecule has 0 amide bonds. The molecule has 0 aliphatic rings. The van der Waals surface area contributed by atoms with Crippen molar-refractivity contribution in [2.45, 2.75) is 13.5 Å². The SMILES string of the molecule is CCN(CCOC)Cc1cnc(N)cn1. The van der Waals surface area contributed by atoms with Crippen LogP contribution in [0.1, 0.15) is 12.6 Å². The highest BCUT2D eigenvalue weighted by atomic mass is 16.5. The number of rotatable bonds is 6. The smallest absolute Gasteiger partial charge is 0.141 e. The number of hydrogen-bond acceptors (Lipinski definition) is 5. The molecule has 0 bridgehead atoms. The second-order valence-electron chi connectivity index (χ2n) is 3.29. The number of nitrogen functional groups attached to an aromatic ring is 1. The lowest BCUT2D eigenvalue weighted by Crippen LogP contribution is -2.27. The standard InChI is InChI=1S/C10H18N4O/c1-3-14(4-5-15-2)8-9-6-13-10(11)7-12-9/h6-7H,3-5,8H2,1-2H3,(H2,11,13). The summed E-state index contributed by atoms with van der Waals surface area (Å²) >= 11 is 0. The number of hydrogen-bond donors (Lipinski definition) is 1. The van der Waals surface area contributed by atoms with Gasteiger partial charge < -0.3 is 10.5 Å². The van der Waals surface area contributed by atoms with Crippen molar-refractivity contribution in [1.82, 2.24) is 14.9 Å². The Labute approximate surface area is 90.3 Å². The lowest BCUT2D eigenvalue weighted by molar-refractivity contribution is 0.146. The number of aromatic nitrogens is 2. The third-order valence-electron chi connectivity index (χ3n) is 2.17. The first-order valence-corrected chi connectivity index (χ1v) is 5.04. The Bertz CT molecular complexity index is 275. The molecular formula is C10H18N4O. The van der Waals surface area contributed by atoms with Gasteiger partial charge in [0, 0.05) is 20.2 Å². The summed E-state index contributed by atoms with van der Waals surface area (Å²) in [5, 5.41) is 0. The molecule has 0 fully saturated rings. The highest BCUT2D eigenvalue weighted by molar-refractivity contribution is 5.22. The van der Waals surface area contributed by atoms with Gasteiger partial charge in [-0.05, 0) is 6.54 Å². The van der Waals surface area contributed by atoms with Crippen molar-refractivity contribution < 1.29 is 4.74 Å². The molecule has 1 rings (SSSR count). The van der Waals surface area contributed by atoms with Gasteiger partial charge in [0.2, 0.25) is 0 Å². The van der Waals surface area contributed by atoms with Gasteiger partial charge in [0.05, 0.1) is 24.7 Å². The summed E-state index contributed by atoms with van der Waals surface area (Å²) in [6, 6.07) is 0. The molecule has 1 aromatic rings. The molecule has 0 aromatic carbocycles. The van der Waals surface area contributed by atoms with Crippen LogP contribution in [0, 0.1) is 0 Å². The fourth-order valence-corrected chi connectivity index (χ4v) is 1.24. The van der Waals surface area contributed by atoms with Crippen LogP contribution in [-0.4, -0.2) is 41.7 Å². The third kappa shape index (κ3) is 4.22. The van der Waals surface area contributed by atoms with Crippen molar-refractivity contribution >= 4 is 5.82 Å². The molecule has 5 nitrogen and oxygen atoms in total. The molecule has 0 aliphatic heterocycles. The molecule has 15 heavy (non-hydrogen) atoms. The predicted molar refractivity (Wildman–Crippen MR) is 59.3 cm³/mol. The molecule has 0 saturated carbocycles. The molecule has 0 radical (unpaired) electrons. The van der Waals surface area contributed by atoms with Crippen LogP contribution in [0.4, 0.5) is 5.82 Å². The number of ether oxygens (including phenoxy) is 1. The largest absolute Gasteiger partial charge is 0.383 e. The molecule has 0 saturated heterocycles. The Balaban J connectivity index is 2.47. The minimum Gasteiger partial charge on any atom is -0.383 e. The number of anilines is 1. The maximum Gasteiger partial charge on any atom is 0.141 e.